The van der Waals surface area contributed by atoms with Gasteiger partial charge in [-0.05, 0) is 36.9 Å². The van der Waals surface area contributed by atoms with Crippen LogP contribution >= 0.6 is 11.6 Å². The van der Waals surface area contributed by atoms with Crippen molar-refractivity contribution >= 4 is 16.8 Å². The summed E-state index contributed by atoms with van der Waals surface area (Å²) in [6, 6.07) is 0. The predicted molar refractivity (Wildman–Crippen MR) is 48.2 cm³/mol. The minimum absolute atomic E-state index is 0.0405. The van der Waals surface area contributed by atoms with Gasteiger partial charge in [-0.1, -0.05) is 6.08 Å². The van der Waals surface area contributed by atoms with E-state index >= 15 is 0 Å². The molecule has 0 bridgehead atoms. The highest BCUT2D eigenvalue weighted by Gasteiger charge is 2.18. The zero-order valence-corrected chi connectivity index (χ0v) is 7.93. The van der Waals surface area contributed by atoms with Crippen molar-refractivity contribution in [1.82, 2.24) is 0 Å². The fraction of sp³-hybridized carbons (Fsp3) is 0.667. The third-order valence-corrected chi connectivity index (χ3v) is 2.24. The van der Waals surface area contributed by atoms with E-state index in [2.05, 4.69) is 6.08 Å². The summed E-state index contributed by atoms with van der Waals surface area (Å²) < 4.78 is 5.42. The average Bonchev–Trinajstić information content (AvgIpc) is 2.05. The molecule has 0 aromatic carbocycles. The number of halogens is 1. The number of hydrogen-bond acceptors (Lipinski definition) is 2. The summed E-state index contributed by atoms with van der Waals surface area (Å²) in [4.78, 5) is 10.5. The van der Waals surface area contributed by atoms with Crippen LogP contribution in [-0.2, 0) is 9.53 Å². The molecule has 0 aromatic heterocycles. The quantitative estimate of drug-likeness (QED) is 0.491. The second-order valence-corrected chi connectivity index (χ2v) is 3.40. The van der Waals surface area contributed by atoms with Crippen molar-refractivity contribution in [2.75, 3.05) is 6.61 Å². The van der Waals surface area contributed by atoms with Crippen molar-refractivity contribution in [2.24, 2.45) is 0 Å². The maximum absolute atomic E-state index is 10.5. The van der Waals surface area contributed by atoms with E-state index in [1.54, 1.807) is 0 Å². The average molecular weight is 189 g/mol. The Balaban J connectivity index is 2.31. The molecule has 68 valence electrons. The van der Waals surface area contributed by atoms with Gasteiger partial charge in [-0.15, -0.1) is 0 Å². The van der Waals surface area contributed by atoms with Crippen molar-refractivity contribution in [1.29, 1.82) is 0 Å². The summed E-state index contributed by atoms with van der Waals surface area (Å²) in [7, 11) is 0. The minimum atomic E-state index is -0.302. The Kier molecular flexibility index (Phi) is 3.76. The first-order valence-corrected chi connectivity index (χ1v) is 4.54. The van der Waals surface area contributed by atoms with Gasteiger partial charge < -0.3 is 4.74 Å². The van der Waals surface area contributed by atoms with Crippen LogP contribution in [0.3, 0.4) is 0 Å². The third kappa shape index (κ3) is 2.95. The summed E-state index contributed by atoms with van der Waals surface area (Å²) in [5.74, 6) is 0. The molecular weight excluding hydrogens is 176 g/mol. The van der Waals surface area contributed by atoms with Crippen LogP contribution in [0.5, 0.6) is 0 Å². The highest BCUT2D eigenvalue weighted by molar-refractivity contribution is 6.63. The smallest absolute Gasteiger partial charge is 0.224 e. The Morgan fingerprint density at radius 1 is 1.83 bits per heavy atom. The van der Waals surface area contributed by atoms with Crippen molar-refractivity contribution in [2.45, 2.75) is 32.3 Å². The van der Waals surface area contributed by atoms with E-state index in [1.807, 2.05) is 6.92 Å². The van der Waals surface area contributed by atoms with Crippen LogP contribution < -0.4 is 0 Å². The van der Waals surface area contributed by atoms with Crippen LogP contribution in [0.1, 0.15) is 26.2 Å². The molecule has 0 spiro atoms. The number of hydrogen-bond donors (Lipinski definition) is 0. The lowest BCUT2D eigenvalue weighted by Crippen LogP contribution is -2.22. The Hall–Kier alpha value is -0.340. The monoisotopic (exact) mass is 188 g/mol. The Morgan fingerprint density at radius 2 is 2.58 bits per heavy atom. The fourth-order valence-corrected chi connectivity index (χ4v) is 1.47. The van der Waals surface area contributed by atoms with E-state index in [4.69, 9.17) is 16.3 Å². The number of carbonyl (C=O) groups excluding carboxylic acids is 1. The Labute approximate surface area is 77.5 Å². The van der Waals surface area contributed by atoms with Crippen molar-refractivity contribution < 1.29 is 9.53 Å². The molecule has 0 radical (unpaired) electrons. The molecule has 1 saturated heterocycles. The van der Waals surface area contributed by atoms with Crippen LogP contribution in [0.25, 0.3) is 0 Å². The van der Waals surface area contributed by atoms with Crippen molar-refractivity contribution in [3.05, 3.63) is 11.6 Å². The molecule has 1 heterocycles. The molecule has 1 atom stereocenters. The molecule has 1 rings (SSSR count). The summed E-state index contributed by atoms with van der Waals surface area (Å²) in [6.07, 6.45) is 4.40. The van der Waals surface area contributed by atoms with E-state index in [1.165, 1.54) is 5.57 Å². The predicted octanol–water partition coefficient (Wildman–Crippen LogP) is 2.27. The molecule has 1 aliphatic rings. The molecule has 3 heteroatoms. The molecule has 0 aromatic rings. The van der Waals surface area contributed by atoms with Crippen LogP contribution in [0.15, 0.2) is 11.6 Å². The first kappa shape index (κ1) is 9.75. The highest BCUT2D eigenvalue weighted by atomic mass is 35.5. The topological polar surface area (TPSA) is 26.3 Å². The lowest BCUT2D eigenvalue weighted by atomic mass is 10.0. The van der Waals surface area contributed by atoms with Crippen LogP contribution in [-0.4, -0.2) is 18.0 Å². The Morgan fingerprint density at radius 3 is 3.00 bits per heavy atom. The van der Waals surface area contributed by atoms with E-state index in [-0.39, 0.29) is 11.3 Å². The standard InChI is InChI=1S/C9H13ClO2/c1-2-7-3-4-8(12-6-7)5-9(10)11/h2,8H,3-6H2,1H3/b7-2+. The molecule has 1 unspecified atom stereocenters. The van der Waals surface area contributed by atoms with E-state index in [0.717, 1.165) is 12.8 Å². The second-order valence-electron chi connectivity index (χ2n) is 2.98. The number of allylic oxidation sites excluding steroid dienone is 1. The molecule has 12 heavy (non-hydrogen) atoms. The van der Waals surface area contributed by atoms with Gasteiger partial charge in [0.15, 0.2) is 0 Å². The van der Waals surface area contributed by atoms with Crippen LogP contribution in [0.4, 0.5) is 0 Å². The summed E-state index contributed by atoms with van der Waals surface area (Å²) >= 11 is 5.25. The molecule has 0 N–H and O–H groups in total. The van der Waals surface area contributed by atoms with Gasteiger partial charge in [-0.3, -0.25) is 4.79 Å². The normalized spacial score (nSPS) is 27.5. The lowest BCUT2D eigenvalue weighted by molar-refractivity contribution is -0.114. The maximum Gasteiger partial charge on any atom is 0.224 e. The maximum atomic E-state index is 10.5. The molecule has 0 amide bonds. The zero-order chi connectivity index (χ0) is 8.97. The lowest BCUT2D eigenvalue weighted by Gasteiger charge is -2.23. The van der Waals surface area contributed by atoms with Gasteiger partial charge in [0.2, 0.25) is 5.24 Å². The van der Waals surface area contributed by atoms with Crippen molar-refractivity contribution in [3.8, 4) is 0 Å². The van der Waals surface area contributed by atoms with Gasteiger partial charge in [-0.2, -0.15) is 0 Å². The molecule has 2 nitrogen and oxygen atoms in total. The van der Waals surface area contributed by atoms with Gasteiger partial charge in [0, 0.05) is 6.42 Å². The van der Waals surface area contributed by atoms with Gasteiger partial charge in [0.1, 0.15) is 0 Å². The third-order valence-electron chi connectivity index (χ3n) is 2.09. The molecule has 1 fully saturated rings. The van der Waals surface area contributed by atoms with Crippen molar-refractivity contribution in [3.63, 3.8) is 0 Å². The minimum Gasteiger partial charge on any atom is -0.373 e. The number of rotatable bonds is 2. The summed E-state index contributed by atoms with van der Waals surface area (Å²) in [6.45, 7) is 2.66. The van der Waals surface area contributed by atoms with Gasteiger partial charge in [0.05, 0.1) is 12.7 Å². The largest absolute Gasteiger partial charge is 0.373 e. The van der Waals surface area contributed by atoms with Gasteiger partial charge >= 0.3 is 0 Å². The Bertz CT molecular complexity index is 189. The summed E-state index contributed by atoms with van der Waals surface area (Å²) in [5.41, 5.74) is 1.31. The first-order chi connectivity index (χ1) is 5.72. The molecule has 0 saturated carbocycles. The van der Waals surface area contributed by atoms with Gasteiger partial charge in [0.25, 0.3) is 0 Å². The highest BCUT2D eigenvalue weighted by Crippen LogP contribution is 2.20. The van der Waals surface area contributed by atoms with Crippen LogP contribution in [0, 0.1) is 0 Å². The number of carbonyl (C=O) groups is 1. The molecule has 0 aliphatic carbocycles. The second kappa shape index (κ2) is 4.63. The zero-order valence-electron chi connectivity index (χ0n) is 7.18. The SMILES string of the molecule is C/C=C1\CCC(CC(=O)Cl)OC1. The van der Waals surface area contributed by atoms with E-state index in [0.29, 0.717) is 13.0 Å². The number of ether oxygens (including phenoxy) is 1. The molecule has 1 aliphatic heterocycles. The summed E-state index contributed by atoms with van der Waals surface area (Å²) in [5, 5.41) is -0.302. The van der Waals surface area contributed by atoms with Gasteiger partial charge in [-0.25, -0.2) is 0 Å². The van der Waals surface area contributed by atoms with Crippen LogP contribution in [0.2, 0.25) is 0 Å². The van der Waals surface area contributed by atoms with E-state index in [9.17, 15) is 4.79 Å². The first-order valence-electron chi connectivity index (χ1n) is 4.16. The van der Waals surface area contributed by atoms with E-state index < -0.39 is 0 Å². The molecular formula is C9H13ClO2. The fourth-order valence-electron chi connectivity index (χ4n) is 1.29.